The van der Waals surface area contributed by atoms with Crippen LogP contribution in [0.25, 0.3) is 0 Å². The Hall–Kier alpha value is -0.810. The summed E-state index contributed by atoms with van der Waals surface area (Å²) in [4.78, 5) is 7.46. The summed E-state index contributed by atoms with van der Waals surface area (Å²) in [5, 5.41) is 11.0. The molecule has 0 spiro atoms. The van der Waals surface area contributed by atoms with Gasteiger partial charge in [-0.05, 0) is 16.8 Å². The minimum Gasteiger partial charge on any atom is -0.208 e. The Morgan fingerprint density at radius 3 is 2.82 bits per heavy atom. The highest BCUT2D eigenvalue weighted by Gasteiger charge is 2.28. The van der Waals surface area contributed by atoms with Crippen molar-refractivity contribution in [2.75, 3.05) is 0 Å². The van der Waals surface area contributed by atoms with Gasteiger partial charge in [-0.2, -0.15) is 4.99 Å². The lowest BCUT2D eigenvalue weighted by molar-refractivity contribution is 1.01. The first-order chi connectivity index (χ1) is 5.27. The summed E-state index contributed by atoms with van der Waals surface area (Å²) in [6, 6.07) is -0.431. The van der Waals surface area contributed by atoms with Crippen molar-refractivity contribution in [1.82, 2.24) is 0 Å². The van der Waals surface area contributed by atoms with E-state index in [4.69, 9.17) is 23.2 Å². The fourth-order valence-corrected chi connectivity index (χ4v) is 1.18. The van der Waals surface area contributed by atoms with E-state index in [0.717, 1.165) is 0 Å². The molecule has 2 aliphatic rings. The molecule has 0 aromatic rings. The van der Waals surface area contributed by atoms with Crippen molar-refractivity contribution in [2.45, 2.75) is 6.04 Å². The molecule has 0 bridgehead atoms. The average molecular weight is 190 g/mol. The molecule has 0 saturated carbocycles. The van der Waals surface area contributed by atoms with Crippen LogP contribution in [-0.2, 0) is 0 Å². The van der Waals surface area contributed by atoms with Crippen molar-refractivity contribution in [3.8, 4) is 0 Å². The zero-order chi connectivity index (χ0) is 7.84. The van der Waals surface area contributed by atoms with Gasteiger partial charge in [-0.15, -0.1) is 10.2 Å². The quantitative estimate of drug-likeness (QED) is 0.518. The van der Waals surface area contributed by atoms with Crippen LogP contribution in [0.1, 0.15) is 0 Å². The summed E-state index contributed by atoms with van der Waals surface area (Å²) in [5.41, 5.74) is 0. The molecule has 2 aliphatic heterocycles. The summed E-state index contributed by atoms with van der Waals surface area (Å²) < 4.78 is 0. The van der Waals surface area contributed by atoms with Crippen LogP contribution < -0.4 is 0 Å². The van der Waals surface area contributed by atoms with E-state index in [0.29, 0.717) is 5.84 Å². The number of halogens is 2. The van der Waals surface area contributed by atoms with Gasteiger partial charge >= 0.3 is 0 Å². The molecule has 2 rings (SSSR count). The first-order valence-electron chi connectivity index (χ1n) is 2.73. The molecule has 0 aromatic carbocycles. The molecule has 0 radical (unpaired) electrons. The zero-order valence-corrected chi connectivity index (χ0v) is 6.58. The normalized spacial score (nSPS) is 27.5. The van der Waals surface area contributed by atoms with Gasteiger partial charge in [0.25, 0.3) is 0 Å². The van der Waals surface area contributed by atoms with Crippen LogP contribution in [-0.4, -0.2) is 22.3 Å². The Morgan fingerprint density at radius 1 is 1.18 bits per heavy atom. The third kappa shape index (κ3) is 1.06. The average Bonchev–Trinajstić information content (AvgIpc) is 2.34. The van der Waals surface area contributed by atoms with Gasteiger partial charge in [0.05, 0.1) is 0 Å². The maximum atomic E-state index is 5.66. The lowest BCUT2D eigenvalue weighted by Gasteiger charge is -2.06. The Morgan fingerprint density at radius 2 is 2.00 bits per heavy atom. The van der Waals surface area contributed by atoms with Gasteiger partial charge in [0.15, 0.2) is 11.9 Å². The lowest BCUT2D eigenvalue weighted by atomic mass is 10.3. The Kier molecular flexibility index (Phi) is 1.47. The molecule has 11 heavy (non-hydrogen) atoms. The molecule has 0 N–H and O–H groups in total. The van der Waals surface area contributed by atoms with Crippen molar-refractivity contribution < 1.29 is 0 Å². The van der Waals surface area contributed by atoms with Crippen LogP contribution in [0.2, 0.25) is 0 Å². The minimum absolute atomic E-state index is 0.0669. The largest absolute Gasteiger partial charge is 0.225 e. The van der Waals surface area contributed by atoms with E-state index < -0.39 is 6.04 Å². The van der Waals surface area contributed by atoms with Crippen molar-refractivity contribution in [3.05, 3.63) is 0 Å². The van der Waals surface area contributed by atoms with Gasteiger partial charge in [0.2, 0.25) is 5.29 Å². The molecule has 1 atom stereocenters. The van der Waals surface area contributed by atoms with Gasteiger partial charge in [0, 0.05) is 0 Å². The van der Waals surface area contributed by atoms with Crippen molar-refractivity contribution in [1.29, 1.82) is 0 Å². The molecule has 0 aromatic heterocycles. The highest BCUT2D eigenvalue weighted by atomic mass is 35.5. The summed E-state index contributed by atoms with van der Waals surface area (Å²) in [6.07, 6.45) is 0. The number of aliphatic imine (C=N–C) groups is 2. The second kappa shape index (κ2) is 2.35. The topological polar surface area (TPSA) is 61.8 Å². The first-order valence-corrected chi connectivity index (χ1v) is 3.49. The maximum Gasteiger partial charge on any atom is 0.225 e. The first kappa shape index (κ1) is 6.87. The lowest BCUT2D eigenvalue weighted by Crippen LogP contribution is -2.25. The van der Waals surface area contributed by atoms with Crippen LogP contribution in [0.3, 0.4) is 0 Å². The standard InChI is InChI=1S/C4HCl2N5/c5-2-1-3(10-11-9-1)8-4(6)7-2/h1H. The Balaban J connectivity index is 2.45. The van der Waals surface area contributed by atoms with Gasteiger partial charge in [-0.25, -0.2) is 4.99 Å². The minimum atomic E-state index is -0.431. The number of fused-ring (bicyclic) bond motifs is 1. The van der Waals surface area contributed by atoms with Gasteiger partial charge in [-0.3, -0.25) is 0 Å². The van der Waals surface area contributed by atoms with E-state index in [1.807, 2.05) is 0 Å². The van der Waals surface area contributed by atoms with E-state index >= 15 is 0 Å². The van der Waals surface area contributed by atoms with Gasteiger partial charge < -0.3 is 0 Å². The maximum absolute atomic E-state index is 5.66. The molecule has 0 saturated heterocycles. The van der Waals surface area contributed by atoms with Crippen LogP contribution in [0.15, 0.2) is 25.4 Å². The van der Waals surface area contributed by atoms with Gasteiger partial charge in [-0.1, -0.05) is 11.6 Å². The predicted molar refractivity (Wildman–Crippen MR) is 42.7 cm³/mol. The summed E-state index contributed by atoms with van der Waals surface area (Å²) in [6.45, 7) is 0. The molecule has 2 heterocycles. The SMILES string of the molecule is ClC1=NC2=NN=NC2C(Cl)=N1. The van der Waals surface area contributed by atoms with Crippen LogP contribution in [0.5, 0.6) is 0 Å². The highest BCUT2D eigenvalue weighted by Crippen LogP contribution is 2.16. The van der Waals surface area contributed by atoms with Crippen molar-refractivity contribution >= 4 is 39.5 Å². The Labute approximate surface area is 71.5 Å². The fourth-order valence-electron chi connectivity index (χ4n) is 0.736. The number of hydrogen-bond donors (Lipinski definition) is 0. The number of rotatable bonds is 0. The third-order valence-electron chi connectivity index (χ3n) is 1.19. The molecule has 0 amide bonds. The van der Waals surface area contributed by atoms with Crippen LogP contribution in [0.4, 0.5) is 0 Å². The van der Waals surface area contributed by atoms with E-state index in [1.165, 1.54) is 0 Å². The predicted octanol–water partition coefficient (Wildman–Crippen LogP) is 1.38. The highest BCUT2D eigenvalue weighted by molar-refractivity contribution is 6.75. The third-order valence-corrected chi connectivity index (χ3v) is 1.65. The summed E-state index contributed by atoms with van der Waals surface area (Å²) >= 11 is 11.2. The summed E-state index contributed by atoms with van der Waals surface area (Å²) in [5.74, 6) is 0.398. The molecule has 0 fully saturated rings. The van der Waals surface area contributed by atoms with E-state index in [2.05, 4.69) is 25.4 Å². The van der Waals surface area contributed by atoms with Crippen molar-refractivity contribution in [3.63, 3.8) is 0 Å². The zero-order valence-electron chi connectivity index (χ0n) is 5.07. The van der Waals surface area contributed by atoms with E-state index in [9.17, 15) is 0 Å². The second-order valence-corrected chi connectivity index (χ2v) is 2.61. The Bertz CT molecular complexity index is 314. The van der Waals surface area contributed by atoms with Crippen LogP contribution in [0, 0.1) is 0 Å². The molecular weight excluding hydrogens is 189 g/mol. The molecule has 1 unspecified atom stereocenters. The molecule has 56 valence electrons. The monoisotopic (exact) mass is 189 g/mol. The molecule has 5 nitrogen and oxygen atoms in total. The smallest absolute Gasteiger partial charge is 0.208 e. The second-order valence-electron chi connectivity index (χ2n) is 1.88. The summed E-state index contributed by atoms with van der Waals surface area (Å²) in [7, 11) is 0. The number of hydrogen-bond acceptors (Lipinski definition) is 5. The van der Waals surface area contributed by atoms with Crippen LogP contribution >= 0.6 is 23.2 Å². The van der Waals surface area contributed by atoms with E-state index in [-0.39, 0.29) is 10.5 Å². The molecule has 7 heteroatoms. The van der Waals surface area contributed by atoms with Gasteiger partial charge in [0.1, 0.15) is 5.17 Å². The number of nitrogens with zero attached hydrogens (tertiary/aromatic N) is 5. The van der Waals surface area contributed by atoms with Crippen molar-refractivity contribution in [2.24, 2.45) is 25.4 Å². The molecule has 0 aliphatic carbocycles. The molecular formula is C4HCl2N5. The number of amidine groups is 2. The van der Waals surface area contributed by atoms with E-state index in [1.54, 1.807) is 0 Å². The fraction of sp³-hybridized carbons (Fsp3) is 0.250.